The van der Waals surface area contributed by atoms with Gasteiger partial charge >= 0.3 is 0 Å². The number of aryl methyl sites for hydroxylation is 1. The van der Waals surface area contributed by atoms with Crippen LogP contribution in [0.5, 0.6) is 0 Å². The predicted molar refractivity (Wildman–Crippen MR) is 64.1 cm³/mol. The van der Waals surface area contributed by atoms with Gasteiger partial charge in [-0.1, -0.05) is 24.3 Å². The van der Waals surface area contributed by atoms with Crippen molar-refractivity contribution in [1.29, 1.82) is 0 Å². The van der Waals surface area contributed by atoms with E-state index in [9.17, 15) is 0 Å². The van der Waals surface area contributed by atoms with Gasteiger partial charge in [0.1, 0.15) is 0 Å². The molecular formula is C13H21NO. The van der Waals surface area contributed by atoms with Gasteiger partial charge in [-0.3, -0.25) is 0 Å². The highest BCUT2D eigenvalue weighted by molar-refractivity contribution is 5.25. The molecule has 0 aromatic heterocycles. The fraction of sp³-hybridized carbons (Fsp3) is 0.538. The average Bonchev–Trinajstić information content (AvgIpc) is 2.25. The summed E-state index contributed by atoms with van der Waals surface area (Å²) in [6.45, 7) is 4.49. The van der Waals surface area contributed by atoms with E-state index in [1.165, 1.54) is 11.1 Å². The van der Waals surface area contributed by atoms with Crippen molar-refractivity contribution in [2.24, 2.45) is 0 Å². The molecule has 2 N–H and O–H groups in total. The molecule has 15 heavy (non-hydrogen) atoms. The summed E-state index contributed by atoms with van der Waals surface area (Å²) >= 11 is 0. The lowest BCUT2D eigenvalue weighted by atomic mass is 10.1. The summed E-state index contributed by atoms with van der Waals surface area (Å²) in [7, 11) is 0. The zero-order valence-electron chi connectivity index (χ0n) is 9.50. The van der Waals surface area contributed by atoms with Crippen LogP contribution in [0.1, 0.15) is 24.0 Å². The van der Waals surface area contributed by atoms with Crippen LogP contribution in [0.25, 0.3) is 0 Å². The van der Waals surface area contributed by atoms with Crippen LogP contribution in [0.15, 0.2) is 24.3 Å². The van der Waals surface area contributed by atoms with E-state index in [0.717, 1.165) is 32.4 Å². The Morgan fingerprint density at radius 3 is 2.67 bits per heavy atom. The molecule has 1 aromatic carbocycles. The van der Waals surface area contributed by atoms with E-state index in [4.69, 9.17) is 5.11 Å². The Labute approximate surface area is 92.3 Å². The first-order chi connectivity index (χ1) is 7.34. The fourth-order valence-corrected chi connectivity index (χ4v) is 1.60. The molecule has 1 aromatic rings. The van der Waals surface area contributed by atoms with Gasteiger partial charge in [-0.15, -0.1) is 0 Å². The van der Waals surface area contributed by atoms with E-state index in [2.05, 4.69) is 36.5 Å². The van der Waals surface area contributed by atoms with Gasteiger partial charge in [-0.2, -0.15) is 0 Å². The Morgan fingerprint density at radius 1 is 1.13 bits per heavy atom. The SMILES string of the molecule is Cc1ccccc1CCNCCCCO. The number of rotatable bonds is 7. The van der Waals surface area contributed by atoms with E-state index >= 15 is 0 Å². The van der Waals surface area contributed by atoms with Gasteiger partial charge in [0.25, 0.3) is 0 Å². The van der Waals surface area contributed by atoms with Crippen LogP contribution in [0, 0.1) is 6.92 Å². The molecule has 0 aliphatic heterocycles. The molecule has 0 aliphatic rings. The van der Waals surface area contributed by atoms with Crippen molar-refractivity contribution in [2.75, 3.05) is 19.7 Å². The summed E-state index contributed by atoms with van der Waals surface area (Å²) in [4.78, 5) is 0. The number of aliphatic hydroxyl groups is 1. The molecule has 2 heteroatoms. The van der Waals surface area contributed by atoms with Crippen LogP contribution in [-0.2, 0) is 6.42 Å². The summed E-state index contributed by atoms with van der Waals surface area (Å²) in [5.74, 6) is 0. The molecule has 84 valence electrons. The minimum atomic E-state index is 0.305. The maximum absolute atomic E-state index is 8.61. The standard InChI is InChI=1S/C13H21NO/c1-12-6-2-3-7-13(12)8-10-14-9-4-5-11-15/h2-3,6-7,14-15H,4-5,8-11H2,1H3. The zero-order valence-corrected chi connectivity index (χ0v) is 9.50. The Balaban J connectivity index is 2.12. The molecule has 0 spiro atoms. The summed E-state index contributed by atoms with van der Waals surface area (Å²) in [6.07, 6.45) is 3.05. The smallest absolute Gasteiger partial charge is 0.0431 e. The van der Waals surface area contributed by atoms with Gasteiger partial charge in [0, 0.05) is 6.61 Å². The highest BCUT2D eigenvalue weighted by Crippen LogP contribution is 2.06. The van der Waals surface area contributed by atoms with Crippen molar-refractivity contribution in [3.05, 3.63) is 35.4 Å². The molecule has 0 radical (unpaired) electrons. The molecule has 0 fully saturated rings. The Kier molecular flexibility index (Phi) is 6.05. The maximum Gasteiger partial charge on any atom is 0.0431 e. The molecule has 0 aliphatic carbocycles. The van der Waals surface area contributed by atoms with Crippen LogP contribution in [0.2, 0.25) is 0 Å². The maximum atomic E-state index is 8.61. The first kappa shape index (κ1) is 12.2. The summed E-state index contributed by atoms with van der Waals surface area (Å²) in [6, 6.07) is 8.51. The molecule has 2 nitrogen and oxygen atoms in total. The Hall–Kier alpha value is -0.860. The summed E-state index contributed by atoms with van der Waals surface area (Å²) in [5.41, 5.74) is 2.79. The van der Waals surface area contributed by atoms with Crippen LogP contribution in [-0.4, -0.2) is 24.8 Å². The third-order valence-electron chi connectivity index (χ3n) is 2.59. The number of benzene rings is 1. The number of hydrogen-bond acceptors (Lipinski definition) is 2. The van der Waals surface area contributed by atoms with E-state index in [1.807, 2.05) is 0 Å². The van der Waals surface area contributed by atoms with Crippen molar-refractivity contribution in [3.63, 3.8) is 0 Å². The fourth-order valence-electron chi connectivity index (χ4n) is 1.60. The number of unbranched alkanes of at least 4 members (excludes halogenated alkanes) is 1. The Morgan fingerprint density at radius 2 is 1.93 bits per heavy atom. The van der Waals surface area contributed by atoms with Gasteiger partial charge in [0.2, 0.25) is 0 Å². The van der Waals surface area contributed by atoms with Crippen molar-refractivity contribution in [2.45, 2.75) is 26.2 Å². The van der Waals surface area contributed by atoms with E-state index in [-0.39, 0.29) is 0 Å². The minimum absolute atomic E-state index is 0.305. The number of aliphatic hydroxyl groups excluding tert-OH is 1. The van der Waals surface area contributed by atoms with Gasteiger partial charge in [0.15, 0.2) is 0 Å². The van der Waals surface area contributed by atoms with Gasteiger partial charge in [0.05, 0.1) is 0 Å². The highest BCUT2D eigenvalue weighted by atomic mass is 16.2. The first-order valence-electron chi connectivity index (χ1n) is 5.70. The molecule has 0 bridgehead atoms. The van der Waals surface area contributed by atoms with Gasteiger partial charge in [-0.05, 0) is 50.4 Å². The lowest BCUT2D eigenvalue weighted by Crippen LogP contribution is -2.19. The lowest BCUT2D eigenvalue weighted by molar-refractivity contribution is 0.284. The second-order valence-corrected chi connectivity index (χ2v) is 3.86. The minimum Gasteiger partial charge on any atom is -0.396 e. The molecule has 0 saturated heterocycles. The van der Waals surface area contributed by atoms with Crippen LogP contribution in [0.3, 0.4) is 0 Å². The molecule has 0 amide bonds. The van der Waals surface area contributed by atoms with Crippen LogP contribution < -0.4 is 5.32 Å². The van der Waals surface area contributed by atoms with E-state index in [0.29, 0.717) is 6.61 Å². The van der Waals surface area contributed by atoms with Crippen molar-refractivity contribution < 1.29 is 5.11 Å². The monoisotopic (exact) mass is 207 g/mol. The molecule has 0 saturated carbocycles. The third kappa shape index (κ3) is 4.96. The summed E-state index contributed by atoms with van der Waals surface area (Å²) < 4.78 is 0. The van der Waals surface area contributed by atoms with Crippen molar-refractivity contribution >= 4 is 0 Å². The topological polar surface area (TPSA) is 32.3 Å². The first-order valence-corrected chi connectivity index (χ1v) is 5.70. The number of hydrogen-bond donors (Lipinski definition) is 2. The Bertz CT molecular complexity index is 273. The third-order valence-corrected chi connectivity index (χ3v) is 2.59. The van der Waals surface area contributed by atoms with Gasteiger partial charge in [-0.25, -0.2) is 0 Å². The lowest BCUT2D eigenvalue weighted by Gasteiger charge is -2.06. The second-order valence-electron chi connectivity index (χ2n) is 3.86. The largest absolute Gasteiger partial charge is 0.396 e. The molecule has 0 heterocycles. The molecule has 0 atom stereocenters. The van der Waals surface area contributed by atoms with Crippen molar-refractivity contribution in [1.82, 2.24) is 5.32 Å². The number of nitrogens with one attached hydrogen (secondary N) is 1. The predicted octanol–water partition coefficient (Wildman–Crippen LogP) is 1.90. The van der Waals surface area contributed by atoms with E-state index < -0.39 is 0 Å². The van der Waals surface area contributed by atoms with Crippen molar-refractivity contribution in [3.8, 4) is 0 Å². The second kappa shape index (κ2) is 7.43. The zero-order chi connectivity index (χ0) is 10.9. The van der Waals surface area contributed by atoms with Crippen LogP contribution in [0.4, 0.5) is 0 Å². The molecular weight excluding hydrogens is 186 g/mol. The molecule has 0 unspecified atom stereocenters. The molecule has 1 rings (SSSR count). The quantitative estimate of drug-likeness (QED) is 0.669. The normalized spacial score (nSPS) is 10.5. The van der Waals surface area contributed by atoms with E-state index in [1.54, 1.807) is 0 Å². The van der Waals surface area contributed by atoms with Gasteiger partial charge < -0.3 is 10.4 Å². The average molecular weight is 207 g/mol. The highest BCUT2D eigenvalue weighted by Gasteiger charge is 1.95. The summed E-state index contributed by atoms with van der Waals surface area (Å²) in [5, 5.41) is 12.0. The van der Waals surface area contributed by atoms with Crippen LogP contribution >= 0.6 is 0 Å².